The lowest BCUT2D eigenvalue weighted by Crippen LogP contribution is -2.25. The van der Waals surface area contributed by atoms with Crippen LogP contribution in [-0.4, -0.2) is 11.1 Å². The van der Waals surface area contributed by atoms with E-state index < -0.39 is 5.60 Å². The minimum Gasteiger partial charge on any atom is -0.376 e. The van der Waals surface area contributed by atoms with E-state index in [1.54, 1.807) is 0 Å². The summed E-state index contributed by atoms with van der Waals surface area (Å²) < 4.78 is 0. The van der Waals surface area contributed by atoms with Crippen LogP contribution in [0.4, 0.5) is 0 Å². The van der Waals surface area contributed by atoms with Gasteiger partial charge in [0.15, 0.2) is 0 Å². The lowest BCUT2D eigenvalue weighted by molar-refractivity contribution is 0.131. The molecule has 0 spiro atoms. The van der Waals surface area contributed by atoms with Gasteiger partial charge < -0.3 is 10.8 Å². The van der Waals surface area contributed by atoms with Crippen molar-refractivity contribution in [2.75, 3.05) is 0 Å². The number of benzene rings is 3. The molecule has 0 atom stereocenters. The first-order valence-corrected chi connectivity index (χ1v) is 10.3. The highest BCUT2D eigenvalue weighted by Crippen LogP contribution is 2.50. The average molecular weight is 372 g/mol. The van der Waals surface area contributed by atoms with Crippen LogP contribution in [0.25, 0.3) is 11.1 Å². The summed E-state index contributed by atoms with van der Waals surface area (Å²) in [5, 5.41) is 11.5. The largest absolute Gasteiger partial charge is 0.376 e. The number of hydrogen-bond donors (Lipinski definition) is 2. The molecule has 3 N–H and O–H groups in total. The van der Waals surface area contributed by atoms with Crippen LogP contribution in [0.3, 0.4) is 0 Å². The van der Waals surface area contributed by atoms with E-state index in [1.165, 1.54) is 25.7 Å². The number of aliphatic hydroxyl groups is 1. The maximum Gasteiger partial charge on any atom is 0.141 e. The summed E-state index contributed by atoms with van der Waals surface area (Å²) in [4.78, 5) is 0. The first-order chi connectivity index (χ1) is 13.6. The molecule has 0 radical (unpaired) electrons. The molecule has 3 aromatic rings. The van der Waals surface area contributed by atoms with Gasteiger partial charge in [0.05, 0.1) is 0 Å². The van der Waals surface area contributed by atoms with Crippen molar-refractivity contribution >= 4 is 0 Å². The van der Waals surface area contributed by atoms with Crippen LogP contribution in [0.2, 0.25) is 0 Å². The van der Waals surface area contributed by atoms with Gasteiger partial charge in [0.1, 0.15) is 5.60 Å². The number of hydrogen-bond acceptors (Lipinski definition) is 2. The molecule has 3 aromatic carbocycles. The van der Waals surface area contributed by atoms with E-state index in [-0.39, 0.29) is 0 Å². The highest BCUT2D eigenvalue weighted by molar-refractivity contribution is 5.82. The molecule has 5 rings (SSSR count). The van der Waals surface area contributed by atoms with Crippen molar-refractivity contribution in [1.82, 2.24) is 0 Å². The van der Waals surface area contributed by atoms with Gasteiger partial charge in [-0.3, -0.25) is 0 Å². The minimum absolute atomic E-state index is 0.520. The Morgan fingerprint density at radius 2 is 1.18 bits per heavy atom. The molecule has 0 bridgehead atoms. The Balaban J connectivity index is 0.000000203. The summed E-state index contributed by atoms with van der Waals surface area (Å²) in [6, 6.07) is 26.6. The predicted octanol–water partition coefficient (Wildman–Crippen LogP) is 5.48. The average Bonchev–Trinajstić information content (AvgIpc) is 3.02. The summed E-state index contributed by atoms with van der Waals surface area (Å²) in [5.41, 5.74) is 9.73. The van der Waals surface area contributed by atoms with Gasteiger partial charge in [-0.05, 0) is 48.3 Å². The fourth-order valence-electron chi connectivity index (χ4n) is 4.49. The molecule has 2 heteroatoms. The Morgan fingerprint density at radius 3 is 1.68 bits per heavy atom. The van der Waals surface area contributed by atoms with Crippen molar-refractivity contribution in [3.05, 3.63) is 95.6 Å². The second kappa shape index (κ2) is 7.90. The molecule has 1 fully saturated rings. The summed E-state index contributed by atoms with van der Waals surface area (Å²) in [6.45, 7) is 2.31. The molecule has 0 amide bonds. The zero-order valence-electron chi connectivity index (χ0n) is 16.5. The lowest BCUT2D eigenvalue weighted by Gasteiger charge is -2.26. The molecular formula is C26H29NO. The Bertz CT molecular complexity index is 870. The molecule has 28 heavy (non-hydrogen) atoms. The van der Waals surface area contributed by atoms with Gasteiger partial charge in [-0.2, -0.15) is 0 Å². The maximum atomic E-state index is 11.5. The van der Waals surface area contributed by atoms with Crippen molar-refractivity contribution in [2.45, 2.75) is 44.2 Å². The SMILES string of the molecule is CC1CCC(N)CC1.OC1(c2ccccc2)c2ccccc2-c2ccccc21. The Morgan fingerprint density at radius 1 is 0.714 bits per heavy atom. The second-order valence-electron chi connectivity index (χ2n) is 8.19. The van der Waals surface area contributed by atoms with Gasteiger partial charge in [-0.1, -0.05) is 85.8 Å². The topological polar surface area (TPSA) is 46.2 Å². The molecule has 0 aliphatic heterocycles. The fourth-order valence-corrected chi connectivity index (χ4v) is 4.49. The summed E-state index contributed by atoms with van der Waals surface area (Å²) in [7, 11) is 0. The quantitative estimate of drug-likeness (QED) is 0.595. The van der Waals surface area contributed by atoms with Crippen molar-refractivity contribution in [1.29, 1.82) is 0 Å². The van der Waals surface area contributed by atoms with E-state index in [9.17, 15) is 5.11 Å². The van der Waals surface area contributed by atoms with Gasteiger partial charge in [0.25, 0.3) is 0 Å². The van der Waals surface area contributed by atoms with Crippen LogP contribution >= 0.6 is 0 Å². The first kappa shape index (κ1) is 18.9. The van der Waals surface area contributed by atoms with E-state index in [1.807, 2.05) is 66.7 Å². The van der Waals surface area contributed by atoms with Crippen LogP contribution in [-0.2, 0) is 5.60 Å². The van der Waals surface area contributed by atoms with Gasteiger partial charge in [0.2, 0.25) is 0 Å². The summed E-state index contributed by atoms with van der Waals surface area (Å²) in [5.74, 6) is 0.940. The first-order valence-electron chi connectivity index (χ1n) is 10.3. The predicted molar refractivity (Wildman–Crippen MR) is 116 cm³/mol. The highest BCUT2D eigenvalue weighted by Gasteiger charge is 2.42. The lowest BCUT2D eigenvalue weighted by atomic mass is 9.84. The van der Waals surface area contributed by atoms with Crippen LogP contribution < -0.4 is 5.73 Å². The number of rotatable bonds is 1. The van der Waals surface area contributed by atoms with E-state index in [0.717, 1.165) is 33.7 Å². The maximum absolute atomic E-state index is 11.5. The van der Waals surface area contributed by atoms with Gasteiger partial charge >= 0.3 is 0 Å². The molecule has 2 aliphatic rings. The van der Waals surface area contributed by atoms with Crippen molar-refractivity contribution in [3.8, 4) is 11.1 Å². The minimum atomic E-state index is -1.05. The van der Waals surface area contributed by atoms with Gasteiger partial charge in [-0.25, -0.2) is 0 Å². The number of nitrogens with two attached hydrogens (primary N) is 1. The molecule has 2 nitrogen and oxygen atoms in total. The zero-order chi connectivity index (χ0) is 19.6. The van der Waals surface area contributed by atoms with E-state index in [0.29, 0.717) is 6.04 Å². The Kier molecular flexibility index (Phi) is 5.34. The fraction of sp³-hybridized carbons (Fsp3) is 0.308. The summed E-state index contributed by atoms with van der Waals surface area (Å²) in [6.07, 6.45) is 5.20. The van der Waals surface area contributed by atoms with Crippen LogP contribution in [0.5, 0.6) is 0 Å². The third-order valence-corrected chi connectivity index (χ3v) is 6.18. The summed E-state index contributed by atoms with van der Waals surface area (Å²) >= 11 is 0. The monoisotopic (exact) mass is 371 g/mol. The third-order valence-electron chi connectivity index (χ3n) is 6.18. The van der Waals surface area contributed by atoms with Crippen LogP contribution in [0.1, 0.15) is 49.3 Å². The molecule has 0 aromatic heterocycles. The molecular weight excluding hydrogens is 342 g/mol. The van der Waals surface area contributed by atoms with Crippen molar-refractivity contribution in [3.63, 3.8) is 0 Å². The van der Waals surface area contributed by atoms with E-state index >= 15 is 0 Å². The molecule has 1 saturated carbocycles. The van der Waals surface area contributed by atoms with Crippen molar-refractivity contribution < 1.29 is 5.11 Å². The van der Waals surface area contributed by atoms with Crippen LogP contribution in [0.15, 0.2) is 78.9 Å². The Hall–Kier alpha value is -2.42. The molecule has 0 saturated heterocycles. The van der Waals surface area contributed by atoms with E-state index in [4.69, 9.17) is 5.73 Å². The molecule has 2 aliphatic carbocycles. The molecule has 0 heterocycles. The van der Waals surface area contributed by atoms with Gasteiger partial charge in [0, 0.05) is 17.2 Å². The van der Waals surface area contributed by atoms with Crippen LogP contribution in [0, 0.1) is 5.92 Å². The normalized spacial score (nSPS) is 21.8. The van der Waals surface area contributed by atoms with E-state index in [2.05, 4.69) is 19.1 Å². The molecule has 144 valence electrons. The number of fused-ring (bicyclic) bond motifs is 3. The zero-order valence-corrected chi connectivity index (χ0v) is 16.5. The van der Waals surface area contributed by atoms with Gasteiger partial charge in [-0.15, -0.1) is 0 Å². The Labute approximate surface area is 168 Å². The standard InChI is InChI=1S/C19H14O.C7H15N/c20-19(14-8-2-1-3-9-14)17-12-6-4-10-15(17)16-11-5-7-13-18(16)19;1-6-2-4-7(8)5-3-6/h1-13,20H;6-7H,2-5,8H2,1H3. The highest BCUT2D eigenvalue weighted by atomic mass is 16.3. The second-order valence-corrected chi connectivity index (χ2v) is 8.19. The molecule has 0 unspecified atom stereocenters. The third kappa shape index (κ3) is 3.39. The smallest absolute Gasteiger partial charge is 0.141 e. The van der Waals surface area contributed by atoms with Crippen molar-refractivity contribution in [2.24, 2.45) is 11.7 Å².